The molecule has 0 saturated heterocycles. The zero-order chi connectivity index (χ0) is 8.55. The van der Waals surface area contributed by atoms with E-state index in [4.69, 9.17) is 0 Å². The number of nitrogens with zero attached hydrogens (tertiary/aromatic N) is 5. The van der Waals surface area contributed by atoms with E-state index in [-0.39, 0.29) is 0 Å². The average Bonchev–Trinajstić information content (AvgIpc) is 2.49. The molecule has 0 aliphatic rings. The van der Waals surface area contributed by atoms with Gasteiger partial charge in [-0.25, -0.2) is 0 Å². The van der Waals surface area contributed by atoms with E-state index in [0.29, 0.717) is 11.6 Å². The first-order valence-corrected chi connectivity index (χ1v) is 3.81. The van der Waals surface area contributed by atoms with Crippen LogP contribution in [-0.4, -0.2) is 25.0 Å². The van der Waals surface area contributed by atoms with Gasteiger partial charge >= 0.3 is 0 Å². The Balaban J connectivity index is 2.60. The molecule has 0 unspecified atom stereocenters. The number of hydrogen-bond donors (Lipinski definition) is 0. The minimum Gasteiger partial charge on any atom is -0.255 e. The third-order valence-electron chi connectivity index (χ3n) is 1.69. The van der Waals surface area contributed by atoms with Crippen molar-refractivity contribution in [3.63, 3.8) is 0 Å². The predicted molar refractivity (Wildman–Crippen MR) is 42.7 cm³/mol. The fourth-order valence-corrected chi connectivity index (χ4v) is 0.967. The maximum atomic E-state index is 4.22. The van der Waals surface area contributed by atoms with Gasteiger partial charge < -0.3 is 0 Å². The van der Waals surface area contributed by atoms with Crippen LogP contribution in [0.3, 0.4) is 0 Å². The molecule has 0 aliphatic carbocycles. The third kappa shape index (κ3) is 1.03. The molecule has 0 N–H and O–H groups in total. The molecule has 2 rings (SSSR count). The van der Waals surface area contributed by atoms with E-state index in [9.17, 15) is 0 Å². The first-order valence-electron chi connectivity index (χ1n) is 3.81. The van der Waals surface area contributed by atoms with Crippen molar-refractivity contribution in [2.45, 2.75) is 19.8 Å². The summed E-state index contributed by atoms with van der Waals surface area (Å²) in [5.41, 5.74) is 1.68. The lowest BCUT2D eigenvalue weighted by atomic mass is 10.1. The van der Waals surface area contributed by atoms with Gasteiger partial charge in [0.2, 0.25) is 0 Å². The van der Waals surface area contributed by atoms with Crippen LogP contribution in [0.5, 0.6) is 0 Å². The molecule has 12 heavy (non-hydrogen) atoms. The summed E-state index contributed by atoms with van der Waals surface area (Å²) in [6, 6.07) is 0. The molecule has 0 radical (unpaired) electrons. The quantitative estimate of drug-likeness (QED) is 0.619. The van der Waals surface area contributed by atoms with Crippen LogP contribution < -0.4 is 0 Å². The number of rotatable bonds is 1. The highest BCUT2D eigenvalue weighted by molar-refractivity contribution is 5.31. The molecule has 0 bridgehead atoms. The first-order chi connectivity index (χ1) is 5.77. The van der Waals surface area contributed by atoms with Crippen molar-refractivity contribution in [3.8, 4) is 0 Å². The Morgan fingerprint density at radius 2 is 2.25 bits per heavy atom. The SMILES string of the molecule is CC(C)c1cn2nnnc2cn1. The summed E-state index contributed by atoms with van der Waals surface area (Å²) in [7, 11) is 0. The van der Waals surface area contributed by atoms with Crippen molar-refractivity contribution in [3.05, 3.63) is 18.1 Å². The van der Waals surface area contributed by atoms with E-state index < -0.39 is 0 Å². The van der Waals surface area contributed by atoms with Crippen LogP contribution in [-0.2, 0) is 0 Å². The zero-order valence-corrected chi connectivity index (χ0v) is 6.97. The standard InChI is InChI=1S/C7H9N5/c1-5(2)6-4-12-7(3-8-6)9-10-11-12/h3-5H,1-2H3. The van der Waals surface area contributed by atoms with Gasteiger partial charge in [0.15, 0.2) is 5.65 Å². The van der Waals surface area contributed by atoms with Crippen LogP contribution in [0, 0.1) is 0 Å². The van der Waals surface area contributed by atoms with Crippen molar-refractivity contribution >= 4 is 5.65 Å². The molecule has 0 fully saturated rings. The van der Waals surface area contributed by atoms with Gasteiger partial charge in [-0.2, -0.15) is 4.52 Å². The normalized spacial score (nSPS) is 11.2. The molecule has 0 saturated carbocycles. The van der Waals surface area contributed by atoms with Crippen molar-refractivity contribution in [2.24, 2.45) is 0 Å². The molecule has 0 aromatic carbocycles. The molecule has 0 amide bonds. The number of tetrazole rings is 1. The molecule has 0 aliphatic heterocycles. The monoisotopic (exact) mass is 163 g/mol. The van der Waals surface area contributed by atoms with Gasteiger partial charge in [0.05, 0.1) is 18.1 Å². The Labute approximate surface area is 69.4 Å². The third-order valence-corrected chi connectivity index (χ3v) is 1.69. The van der Waals surface area contributed by atoms with E-state index in [1.54, 1.807) is 10.7 Å². The Morgan fingerprint density at radius 3 is 3.00 bits per heavy atom. The lowest BCUT2D eigenvalue weighted by molar-refractivity contribution is 0.770. The van der Waals surface area contributed by atoms with Gasteiger partial charge in [-0.1, -0.05) is 13.8 Å². The number of aromatic nitrogens is 5. The van der Waals surface area contributed by atoms with Crippen LogP contribution >= 0.6 is 0 Å². The highest BCUT2D eigenvalue weighted by Gasteiger charge is 2.02. The molecule has 0 atom stereocenters. The second-order valence-corrected chi connectivity index (χ2v) is 2.95. The van der Waals surface area contributed by atoms with Gasteiger partial charge in [-0.15, -0.1) is 5.10 Å². The second-order valence-electron chi connectivity index (χ2n) is 2.95. The lowest BCUT2D eigenvalue weighted by Crippen LogP contribution is -1.97. The lowest BCUT2D eigenvalue weighted by Gasteiger charge is -2.01. The van der Waals surface area contributed by atoms with Crippen LogP contribution in [0.2, 0.25) is 0 Å². The Kier molecular flexibility index (Phi) is 1.49. The minimum atomic E-state index is 0.401. The minimum absolute atomic E-state index is 0.401. The molecular weight excluding hydrogens is 154 g/mol. The van der Waals surface area contributed by atoms with E-state index in [0.717, 1.165) is 5.69 Å². The van der Waals surface area contributed by atoms with Crippen molar-refractivity contribution in [2.75, 3.05) is 0 Å². The second kappa shape index (κ2) is 2.51. The highest BCUT2D eigenvalue weighted by atomic mass is 15.5. The summed E-state index contributed by atoms with van der Waals surface area (Å²) in [5, 5.41) is 11.1. The van der Waals surface area contributed by atoms with Crippen molar-refractivity contribution in [1.29, 1.82) is 0 Å². The molecule has 2 aromatic heterocycles. The molecule has 0 spiro atoms. The fraction of sp³-hybridized carbons (Fsp3) is 0.429. The van der Waals surface area contributed by atoms with Gasteiger partial charge in [-0.05, 0) is 16.3 Å². The van der Waals surface area contributed by atoms with Crippen molar-refractivity contribution < 1.29 is 0 Å². The molecule has 5 heteroatoms. The molecule has 5 nitrogen and oxygen atoms in total. The molecular formula is C7H9N5. The van der Waals surface area contributed by atoms with Crippen LogP contribution in [0.1, 0.15) is 25.5 Å². The van der Waals surface area contributed by atoms with E-state index in [1.165, 1.54) is 0 Å². The summed E-state index contributed by atoms with van der Waals surface area (Å²) < 4.78 is 1.63. The van der Waals surface area contributed by atoms with Gasteiger partial charge in [0.25, 0.3) is 0 Å². The predicted octanol–water partition coefficient (Wildman–Crippen LogP) is 0.643. The van der Waals surface area contributed by atoms with E-state index in [2.05, 4.69) is 34.4 Å². The average molecular weight is 163 g/mol. The molecule has 62 valence electrons. The summed E-state index contributed by atoms with van der Waals surface area (Å²) >= 11 is 0. The van der Waals surface area contributed by atoms with Gasteiger partial charge in [0, 0.05) is 0 Å². The highest BCUT2D eigenvalue weighted by Crippen LogP contribution is 2.09. The van der Waals surface area contributed by atoms with E-state index >= 15 is 0 Å². The van der Waals surface area contributed by atoms with Crippen LogP contribution in [0.15, 0.2) is 12.4 Å². The zero-order valence-electron chi connectivity index (χ0n) is 6.97. The summed E-state index contributed by atoms with van der Waals surface area (Å²) in [5.74, 6) is 0.401. The number of fused-ring (bicyclic) bond motifs is 1. The van der Waals surface area contributed by atoms with Crippen LogP contribution in [0.4, 0.5) is 0 Å². The van der Waals surface area contributed by atoms with Gasteiger partial charge in [-0.3, -0.25) is 4.98 Å². The topological polar surface area (TPSA) is 56.0 Å². The Morgan fingerprint density at radius 1 is 1.42 bits per heavy atom. The fourth-order valence-electron chi connectivity index (χ4n) is 0.967. The smallest absolute Gasteiger partial charge is 0.197 e. The first kappa shape index (κ1) is 7.15. The maximum Gasteiger partial charge on any atom is 0.197 e. The maximum absolute atomic E-state index is 4.22. The largest absolute Gasteiger partial charge is 0.255 e. The Bertz CT molecular complexity index is 391. The molecule has 2 heterocycles. The van der Waals surface area contributed by atoms with Crippen molar-refractivity contribution in [1.82, 2.24) is 25.0 Å². The van der Waals surface area contributed by atoms with Crippen LogP contribution in [0.25, 0.3) is 5.65 Å². The molecule has 2 aromatic rings. The summed E-state index contributed by atoms with van der Waals surface area (Å²) in [4.78, 5) is 4.22. The van der Waals surface area contributed by atoms with E-state index in [1.807, 2.05) is 6.20 Å². The Hall–Kier alpha value is -1.52. The van der Waals surface area contributed by atoms with Gasteiger partial charge in [0.1, 0.15) is 0 Å². The summed E-state index contributed by atoms with van der Waals surface area (Å²) in [6.45, 7) is 4.16. The number of hydrogen-bond acceptors (Lipinski definition) is 4. The summed E-state index contributed by atoms with van der Waals surface area (Å²) in [6.07, 6.45) is 3.52.